The van der Waals surface area contributed by atoms with Gasteiger partial charge in [0, 0.05) is 14.1 Å². The number of halogens is 1. The van der Waals surface area contributed by atoms with E-state index in [-0.39, 0.29) is 16.6 Å². The molecule has 1 atom stereocenters. The summed E-state index contributed by atoms with van der Waals surface area (Å²) in [5.41, 5.74) is -0.0622. The SMILES string of the molecule is CC(=O)[C@H](Sc1nc2ccccc2c(=O)n1-c1ccccc1F)C(=O)N(C)C. The summed E-state index contributed by atoms with van der Waals surface area (Å²) >= 11 is 0.837. The van der Waals surface area contributed by atoms with Gasteiger partial charge in [-0.25, -0.2) is 9.37 Å². The number of ketones is 1. The number of nitrogens with zero attached hydrogens (tertiary/aromatic N) is 3. The molecule has 0 spiro atoms. The number of rotatable bonds is 5. The van der Waals surface area contributed by atoms with Gasteiger partial charge in [0.15, 0.2) is 10.9 Å². The first kappa shape index (κ1) is 19.8. The third-order valence-electron chi connectivity index (χ3n) is 4.10. The summed E-state index contributed by atoms with van der Waals surface area (Å²) in [7, 11) is 3.08. The fourth-order valence-corrected chi connectivity index (χ4v) is 3.81. The molecule has 8 heteroatoms. The summed E-state index contributed by atoms with van der Waals surface area (Å²) in [6.45, 7) is 1.30. The maximum Gasteiger partial charge on any atom is 0.266 e. The standard InChI is InChI=1S/C20H18FN3O3S/c1-12(25)17(19(27)23(2)3)28-20-22-15-10-6-4-8-13(15)18(26)24(20)16-11-7-5-9-14(16)21/h4-11,17H,1-3H3/t17-/m0/s1. The summed E-state index contributed by atoms with van der Waals surface area (Å²) in [5.74, 6) is -1.42. The van der Waals surface area contributed by atoms with Gasteiger partial charge in [0.2, 0.25) is 5.91 Å². The van der Waals surface area contributed by atoms with Crippen LogP contribution in [0.3, 0.4) is 0 Å². The van der Waals surface area contributed by atoms with E-state index in [2.05, 4.69) is 4.98 Å². The molecule has 0 bridgehead atoms. The van der Waals surface area contributed by atoms with Crippen LogP contribution in [0, 0.1) is 5.82 Å². The third-order valence-corrected chi connectivity index (χ3v) is 5.35. The normalized spacial score (nSPS) is 12.0. The maximum atomic E-state index is 14.5. The Morgan fingerprint density at radius 1 is 1.11 bits per heavy atom. The van der Waals surface area contributed by atoms with Gasteiger partial charge in [-0.1, -0.05) is 36.0 Å². The van der Waals surface area contributed by atoms with E-state index >= 15 is 0 Å². The van der Waals surface area contributed by atoms with Crippen LogP contribution in [-0.2, 0) is 9.59 Å². The van der Waals surface area contributed by atoms with Gasteiger partial charge < -0.3 is 4.90 Å². The number of Topliss-reactive ketones (excluding diaryl/α,β-unsaturated/α-hetero) is 1. The zero-order valence-corrected chi connectivity index (χ0v) is 16.4. The van der Waals surface area contributed by atoms with Crippen LogP contribution >= 0.6 is 11.8 Å². The molecule has 0 aliphatic rings. The van der Waals surface area contributed by atoms with E-state index in [1.807, 2.05) is 0 Å². The third kappa shape index (κ3) is 3.68. The first-order valence-electron chi connectivity index (χ1n) is 8.46. The molecular weight excluding hydrogens is 381 g/mol. The lowest BCUT2D eigenvalue weighted by Crippen LogP contribution is -2.36. The summed E-state index contributed by atoms with van der Waals surface area (Å²) in [4.78, 5) is 43.4. The number of thioether (sulfide) groups is 1. The highest BCUT2D eigenvalue weighted by atomic mass is 32.2. The molecule has 0 radical (unpaired) electrons. The van der Waals surface area contributed by atoms with Crippen LogP contribution in [0.4, 0.5) is 4.39 Å². The Morgan fingerprint density at radius 2 is 1.75 bits per heavy atom. The molecule has 0 fully saturated rings. The maximum absolute atomic E-state index is 14.5. The first-order valence-corrected chi connectivity index (χ1v) is 9.34. The fourth-order valence-electron chi connectivity index (χ4n) is 2.68. The van der Waals surface area contributed by atoms with Gasteiger partial charge in [-0.05, 0) is 31.2 Å². The largest absolute Gasteiger partial charge is 0.347 e. The summed E-state index contributed by atoms with van der Waals surface area (Å²) < 4.78 is 15.6. The smallest absolute Gasteiger partial charge is 0.266 e. The molecule has 0 saturated heterocycles. The molecule has 0 unspecified atom stereocenters. The number of amides is 1. The zero-order chi connectivity index (χ0) is 20.4. The second kappa shape index (κ2) is 7.93. The van der Waals surface area contributed by atoms with Crippen LogP contribution in [0.2, 0.25) is 0 Å². The lowest BCUT2D eigenvalue weighted by atomic mass is 10.2. The molecule has 0 aliphatic carbocycles. The molecule has 6 nitrogen and oxygen atoms in total. The second-order valence-electron chi connectivity index (χ2n) is 6.34. The summed E-state index contributed by atoms with van der Waals surface area (Å²) in [6, 6.07) is 12.5. The molecule has 2 aromatic carbocycles. The van der Waals surface area contributed by atoms with Gasteiger partial charge in [0.1, 0.15) is 11.1 Å². The average molecular weight is 399 g/mol. The molecule has 3 rings (SSSR count). The molecule has 144 valence electrons. The second-order valence-corrected chi connectivity index (χ2v) is 7.42. The van der Waals surface area contributed by atoms with Crippen molar-refractivity contribution in [2.45, 2.75) is 17.3 Å². The van der Waals surface area contributed by atoms with E-state index in [0.29, 0.717) is 10.9 Å². The average Bonchev–Trinajstić information content (AvgIpc) is 2.66. The van der Waals surface area contributed by atoms with Gasteiger partial charge in [-0.2, -0.15) is 0 Å². The lowest BCUT2D eigenvalue weighted by molar-refractivity contribution is -0.132. The van der Waals surface area contributed by atoms with E-state index < -0.39 is 22.5 Å². The quantitative estimate of drug-likeness (QED) is 0.375. The lowest BCUT2D eigenvalue weighted by Gasteiger charge is -2.20. The highest BCUT2D eigenvalue weighted by Gasteiger charge is 2.29. The zero-order valence-electron chi connectivity index (χ0n) is 15.5. The van der Waals surface area contributed by atoms with Gasteiger partial charge in [-0.3, -0.25) is 19.0 Å². The molecule has 3 aromatic rings. The van der Waals surface area contributed by atoms with Crippen LogP contribution in [0.1, 0.15) is 6.92 Å². The summed E-state index contributed by atoms with van der Waals surface area (Å²) in [6.07, 6.45) is 0. The number of hydrogen-bond acceptors (Lipinski definition) is 5. The van der Waals surface area contributed by atoms with Crippen LogP contribution < -0.4 is 5.56 Å². The highest BCUT2D eigenvalue weighted by Crippen LogP contribution is 2.27. The van der Waals surface area contributed by atoms with Crippen LogP contribution in [-0.4, -0.2) is 45.5 Å². The topological polar surface area (TPSA) is 72.3 Å². The Balaban J connectivity index is 2.27. The molecule has 1 amide bonds. The number of aromatic nitrogens is 2. The summed E-state index contributed by atoms with van der Waals surface area (Å²) in [5, 5.41) is -0.710. The number of hydrogen-bond donors (Lipinski definition) is 0. The number of carbonyl (C=O) groups excluding carboxylic acids is 2. The van der Waals surface area contributed by atoms with Crippen molar-refractivity contribution in [2.75, 3.05) is 14.1 Å². The Labute approximate surface area is 165 Å². The van der Waals surface area contributed by atoms with Crippen molar-refractivity contribution in [1.29, 1.82) is 0 Å². The van der Waals surface area contributed by atoms with Crippen molar-refractivity contribution in [3.63, 3.8) is 0 Å². The van der Waals surface area contributed by atoms with E-state index in [4.69, 9.17) is 0 Å². The predicted octanol–water partition coefficient (Wildman–Crippen LogP) is 2.66. The minimum atomic E-state index is -1.10. The molecule has 1 aromatic heterocycles. The van der Waals surface area contributed by atoms with Gasteiger partial charge in [-0.15, -0.1) is 0 Å². The minimum absolute atomic E-state index is 0.00728. The van der Waals surface area contributed by atoms with Gasteiger partial charge in [0.25, 0.3) is 5.56 Å². The van der Waals surface area contributed by atoms with Crippen molar-refractivity contribution >= 4 is 34.4 Å². The molecule has 0 N–H and O–H groups in total. The highest BCUT2D eigenvalue weighted by molar-refractivity contribution is 8.01. The molecule has 1 heterocycles. The number of carbonyl (C=O) groups is 2. The predicted molar refractivity (Wildman–Crippen MR) is 106 cm³/mol. The van der Waals surface area contributed by atoms with Crippen molar-refractivity contribution < 1.29 is 14.0 Å². The molecule has 0 aliphatic heterocycles. The Kier molecular flexibility index (Phi) is 5.60. The van der Waals surface area contributed by atoms with Crippen LogP contribution in [0.5, 0.6) is 0 Å². The first-order chi connectivity index (χ1) is 13.3. The fraction of sp³-hybridized carbons (Fsp3) is 0.200. The number of para-hydroxylation sites is 2. The van der Waals surface area contributed by atoms with Crippen LogP contribution in [0.25, 0.3) is 16.6 Å². The molecule has 0 saturated carbocycles. The van der Waals surface area contributed by atoms with Crippen molar-refractivity contribution in [3.8, 4) is 5.69 Å². The monoisotopic (exact) mass is 399 g/mol. The number of benzene rings is 2. The number of fused-ring (bicyclic) bond motifs is 1. The van der Waals surface area contributed by atoms with E-state index in [1.165, 1.54) is 44.1 Å². The molecule has 28 heavy (non-hydrogen) atoms. The minimum Gasteiger partial charge on any atom is -0.347 e. The van der Waals surface area contributed by atoms with Crippen LogP contribution in [0.15, 0.2) is 58.5 Å². The Morgan fingerprint density at radius 3 is 2.39 bits per heavy atom. The van der Waals surface area contributed by atoms with E-state index in [0.717, 1.165) is 16.3 Å². The molecular formula is C20H18FN3O3S. The Bertz CT molecular complexity index is 1130. The van der Waals surface area contributed by atoms with Crippen molar-refractivity contribution in [3.05, 3.63) is 64.7 Å². The Hall–Kier alpha value is -3.00. The van der Waals surface area contributed by atoms with E-state index in [9.17, 15) is 18.8 Å². The van der Waals surface area contributed by atoms with Gasteiger partial charge >= 0.3 is 0 Å². The van der Waals surface area contributed by atoms with Gasteiger partial charge in [0.05, 0.1) is 16.6 Å². The van der Waals surface area contributed by atoms with E-state index in [1.54, 1.807) is 30.3 Å². The van der Waals surface area contributed by atoms with Crippen molar-refractivity contribution in [1.82, 2.24) is 14.5 Å². The van der Waals surface area contributed by atoms with Crippen molar-refractivity contribution in [2.24, 2.45) is 0 Å².